The summed E-state index contributed by atoms with van der Waals surface area (Å²) in [6.07, 6.45) is 3.21. The molecular weight excluding hydrogens is 332 g/mol. The largest absolute Gasteiger partial charge is 0.873 e. The van der Waals surface area contributed by atoms with E-state index in [4.69, 9.17) is 0 Å². The van der Waals surface area contributed by atoms with Crippen LogP contribution in [0.1, 0.15) is 60.8 Å². The molecule has 5 heteroatoms. The number of rotatable bonds is 8. The van der Waals surface area contributed by atoms with Crippen molar-refractivity contribution in [2.75, 3.05) is 0 Å². The highest BCUT2D eigenvalue weighted by Crippen LogP contribution is 2.40. The van der Waals surface area contributed by atoms with Gasteiger partial charge in [0, 0.05) is 12.8 Å². The summed E-state index contributed by atoms with van der Waals surface area (Å²) in [5.41, 5.74) is -1.23. The molecule has 1 aliphatic rings. The minimum atomic E-state index is -2.46. The van der Waals surface area contributed by atoms with Crippen LogP contribution >= 0.6 is 0 Å². The number of hydrogen-bond acceptors (Lipinski definition) is 5. The van der Waals surface area contributed by atoms with Crippen LogP contribution in [0.2, 0.25) is 0 Å². The van der Waals surface area contributed by atoms with E-state index < -0.39 is 40.2 Å². The van der Waals surface area contributed by atoms with Gasteiger partial charge in [-0.05, 0) is 40.0 Å². The fourth-order valence-corrected chi connectivity index (χ4v) is 2.97. The third-order valence-corrected chi connectivity index (χ3v) is 4.40. The van der Waals surface area contributed by atoms with Crippen LogP contribution in [-0.4, -0.2) is 28.1 Å². The summed E-state index contributed by atoms with van der Waals surface area (Å²) in [5.74, 6) is -4.37. The van der Waals surface area contributed by atoms with Crippen molar-refractivity contribution in [3.8, 4) is 0 Å². The zero-order chi connectivity index (χ0) is 20.2. The fourth-order valence-electron chi connectivity index (χ4n) is 2.97. The monoisotopic (exact) mass is 361 g/mol. The van der Waals surface area contributed by atoms with Gasteiger partial charge in [-0.3, -0.25) is 14.4 Å². The van der Waals surface area contributed by atoms with Crippen LogP contribution in [0.5, 0.6) is 0 Å². The van der Waals surface area contributed by atoms with Crippen LogP contribution < -0.4 is 5.11 Å². The summed E-state index contributed by atoms with van der Waals surface area (Å²) >= 11 is 0. The minimum absolute atomic E-state index is 0.0282. The van der Waals surface area contributed by atoms with Gasteiger partial charge < -0.3 is 10.2 Å². The third kappa shape index (κ3) is 4.58. The van der Waals surface area contributed by atoms with E-state index in [1.807, 2.05) is 13.8 Å². The predicted octanol–water partition coefficient (Wildman–Crippen LogP) is 2.43. The maximum Gasteiger partial charge on any atom is 0.172 e. The normalized spacial score (nSPS) is 22.6. The number of aliphatic hydroxyl groups is 1. The molecule has 144 valence electrons. The van der Waals surface area contributed by atoms with Gasteiger partial charge in [0.2, 0.25) is 0 Å². The Hall–Kier alpha value is -2.01. The quantitative estimate of drug-likeness (QED) is 0.529. The maximum absolute atomic E-state index is 12.8. The first-order valence-corrected chi connectivity index (χ1v) is 8.94. The van der Waals surface area contributed by atoms with E-state index in [1.165, 1.54) is 0 Å². The molecule has 0 saturated heterocycles. The van der Waals surface area contributed by atoms with Gasteiger partial charge in [-0.15, -0.1) is 0 Å². The molecule has 26 heavy (non-hydrogen) atoms. The zero-order valence-corrected chi connectivity index (χ0v) is 16.5. The first kappa shape index (κ1) is 22.0. The number of hydrogen-bond donors (Lipinski definition) is 1. The lowest BCUT2D eigenvalue weighted by Crippen LogP contribution is -2.49. The molecule has 2 atom stereocenters. The van der Waals surface area contributed by atoms with Gasteiger partial charge in [-0.2, -0.15) is 0 Å². The molecule has 0 aromatic carbocycles. The average molecular weight is 361 g/mol. The van der Waals surface area contributed by atoms with Gasteiger partial charge in [0.25, 0.3) is 0 Å². The molecule has 1 aliphatic carbocycles. The highest BCUT2D eigenvalue weighted by molar-refractivity contribution is 6.25. The number of Topliss-reactive ketones (excluding diaryl/α,β-unsaturated/α-hetero) is 3. The van der Waals surface area contributed by atoms with Crippen LogP contribution in [0.15, 0.2) is 34.6 Å². The Labute approximate surface area is 155 Å². The summed E-state index contributed by atoms with van der Waals surface area (Å²) in [6, 6.07) is 0. The average Bonchev–Trinajstić information content (AvgIpc) is 2.69. The van der Waals surface area contributed by atoms with Gasteiger partial charge in [0.15, 0.2) is 17.3 Å². The van der Waals surface area contributed by atoms with E-state index in [-0.39, 0.29) is 25.2 Å². The molecule has 0 aliphatic heterocycles. The van der Waals surface area contributed by atoms with Crippen LogP contribution in [0.4, 0.5) is 0 Å². The third-order valence-electron chi connectivity index (χ3n) is 4.40. The standard InChI is InChI=1S/C21H30O5/c1-12(2)7-9-15-19(24)18(16(22)11-14(5)6)20(25)21(15,26)17(23)10-8-13(3)4/h7-8,14-15,25-26H,9-11H2,1-6H3/p-1/t15?,21-/m0/s1. The first-order chi connectivity index (χ1) is 11.9. The molecule has 0 aromatic heterocycles. The van der Waals surface area contributed by atoms with Gasteiger partial charge >= 0.3 is 0 Å². The summed E-state index contributed by atoms with van der Waals surface area (Å²) in [6.45, 7) is 10.8. The van der Waals surface area contributed by atoms with Crippen molar-refractivity contribution in [1.29, 1.82) is 0 Å². The second kappa shape index (κ2) is 8.58. The highest BCUT2D eigenvalue weighted by atomic mass is 16.3. The van der Waals surface area contributed by atoms with Gasteiger partial charge in [-0.25, -0.2) is 0 Å². The summed E-state index contributed by atoms with van der Waals surface area (Å²) in [7, 11) is 0. The Morgan fingerprint density at radius 2 is 1.69 bits per heavy atom. The molecule has 5 nitrogen and oxygen atoms in total. The molecule has 0 radical (unpaired) electrons. The van der Waals surface area contributed by atoms with Crippen molar-refractivity contribution in [2.24, 2.45) is 11.8 Å². The molecular formula is C21H29O5-. The van der Waals surface area contributed by atoms with E-state index in [0.29, 0.717) is 0 Å². The molecule has 0 saturated carbocycles. The van der Waals surface area contributed by atoms with Gasteiger partial charge in [0.1, 0.15) is 5.60 Å². The van der Waals surface area contributed by atoms with Crippen molar-refractivity contribution in [2.45, 2.75) is 66.4 Å². The number of ketones is 3. The van der Waals surface area contributed by atoms with Crippen LogP contribution in [0.25, 0.3) is 0 Å². The molecule has 0 fully saturated rings. The molecule has 1 unspecified atom stereocenters. The Morgan fingerprint density at radius 1 is 1.15 bits per heavy atom. The molecule has 0 spiro atoms. The highest BCUT2D eigenvalue weighted by Gasteiger charge is 2.53. The fraction of sp³-hybridized carbons (Fsp3) is 0.571. The van der Waals surface area contributed by atoms with E-state index in [0.717, 1.165) is 11.1 Å². The second-order valence-electron chi connectivity index (χ2n) is 7.83. The lowest BCUT2D eigenvalue weighted by molar-refractivity contribution is -0.330. The van der Waals surface area contributed by atoms with Crippen molar-refractivity contribution >= 4 is 17.3 Å². The Morgan fingerprint density at radius 3 is 2.15 bits per heavy atom. The van der Waals surface area contributed by atoms with E-state index in [1.54, 1.807) is 39.8 Å². The van der Waals surface area contributed by atoms with E-state index in [9.17, 15) is 24.6 Å². The molecule has 1 rings (SSSR count). The van der Waals surface area contributed by atoms with Crippen molar-refractivity contribution in [3.05, 3.63) is 34.6 Å². The van der Waals surface area contributed by atoms with E-state index >= 15 is 0 Å². The van der Waals surface area contributed by atoms with Crippen molar-refractivity contribution < 1.29 is 24.6 Å². The predicted molar refractivity (Wildman–Crippen MR) is 98.0 cm³/mol. The first-order valence-electron chi connectivity index (χ1n) is 8.94. The molecule has 1 N–H and O–H groups in total. The smallest absolute Gasteiger partial charge is 0.172 e. The topological polar surface area (TPSA) is 94.5 Å². The molecule has 0 heterocycles. The molecule has 0 aromatic rings. The Balaban J connectivity index is 3.41. The zero-order valence-electron chi connectivity index (χ0n) is 16.5. The lowest BCUT2D eigenvalue weighted by atomic mass is 9.81. The molecule has 0 bridgehead atoms. The van der Waals surface area contributed by atoms with Gasteiger partial charge in [-0.1, -0.05) is 42.9 Å². The van der Waals surface area contributed by atoms with Crippen LogP contribution in [-0.2, 0) is 14.4 Å². The van der Waals surface area contributed by atoms with Gasteiger partial charge in [0.05, 0.1) is 11.5 Å². The van der Waals surface area contributed by atoms with Crippen LogP contribution in [0, 0.1) is 11.8 Å². The number of allylic oxidation sites excluding steroid dienone is 5. The van der Waals surface area contributed by atoms with Crippen LogP contribution in [0.3, 0.4) is 0 Å². The van der Waals surface area contributed by atoms with E-state index in [2.05, 4.69) is 0 Å². The number of carbonyl (C=O) groups is 3. The van der Waals surface area contributed by atoms with Crippen molar-refractivity contribution in [3.63, 3.8) is 0 Å². The number of carbonyl (C=O) groups excluding carboxylic acids is 3. The minimum Gasteiger partial charge on any atom is -0.873 e. The summed E-state index contributed by atoms with van der Waals surface area (Å²) in [5, 5.41) is 23.8. The second-order valence-corrected chi connectivity index (χ2v) is 7.83. The Kier molecular flexibility index (Phi) is 7.27. The molecule has 0 amide bonds. The Bertz CT molecular complexity index is 685. The summed E-state index contributed by atoms with van der Waals surface area (Å²) < 4.78 is 0. The maximum atomic E-state index is 12.8. The van der Waals surface area contributed by atoms with Crippen molar-refractivity contribution in [1.82, 2.24) is 0 Å². The lowest BCUT2D eigenvalue weighted by Gasteiger charge is -2.33. The summed E-state index contributed by atoms with van der Waals surface area (Å²) in [4.78, 5) is 37.8. The SMILES string of the molecule is CC(C)=CCC(=O)[C@]1(O)C([O-])=C(C(=O)CC(C)C)C(=O)C1CC=C(C)C.